The van der Waals surface area contributed by atoms with Crippen LogP contribution in [-0.4, -0.2) is 17.0 Å². The fourth-order valence-electron chi connectivity index (χ4n) is 0.971. The number of hydrogen-bond acceptors (Lipinski definition) is 3. The van der Waals surface area contributed by atoms with Gasteiger partial charge in [0.2, 0.25) is 0 Å². The van der Waals surface area contributed by atoms with Crippen LogP contribution in [0.4, 0.5) is 0 Å². The van der Waals surface area contributed by atoms with Crippen LogP contribution in [0.15, 0.2) is 12.3 Å². The molecule has 1 heterocycles. The van der Waals surface area contributed by atoms with E-state index in [1.165, 1.54) is 0 Å². The zero-order valence-electron chi connectivity index (χ0n) is 8.65. The maximum Gasteiger partial charge on any atom is 0.131 e. The largest absolute Gasteiger partial charge is 0.314 e. The first-order valence-corrected chi connectivity index (χ1v) is 4.20. The van der Waals surface area contributed by atoms with Gasteiger partial charge in [0.25, 0.3) is 0 Å². The summed E-state index contributed by atoms with van der Waals surface area (Å²) in [5.41, 5.74) is 1.05. The van der Waals surface area contributed by atoms with E-state index >= 15 is 0 Å². The van der Waals surface area contributed by atoms with Crippen LogP contribution >= 0.6 is 24.8 Å². The Morgan fingerprint density at radius 1 is 1.36 bits per heavy atom. The Hall–Kier alpha value is -0.380. The number of hydrogen-bond donors (Lipinski definition) is 1. The molecule has 0 fully saturated rings. The SMILES string of the molecule is CNCc1ccnc(C(C)C)n1.Cl.Cl. The zero-order chi connectivity index (χ0) is 8.97. The highest BCUT2D eigenvalue weighted by Gasteiger charge is 2.02. The lowest BCUT2D eigenvalue weighted by Crippen LogP contribution is -2.09. The minimum absolute atomic E-state index is 0. The van der Waals surface area contributed by atoms with Crippen LogP contribution in [0.5, 0.6) is 0 Å². The minimum Gasteiger partial charge on any atom is -0.314 e. The summed E-state index contributed by atoms with van der Waals surface area (Å²) in [7, 11) is 1.91. The number of nitrogens with one attached hydrogen (secondary N) is 1. The first-order valence-electron chi connectivity index (χ1n) is 4.20. The van der Waals surface area contributed by atoms with Crippen molar-refractivity contribution in [1.82, 2.24) is 15.3 Å². The molecule has 82 valence electrons. The Labute approximate surface area is 97.6 Å². The third-order valence-electron chi connectivity index (χ3n) is 1.61. The van der Waals surface area contributed by atoms with Gasteiger partial charge < -0.3 is 5.32 Å². The molecule has 0 amide bonds. The minimum atomic E-state index is 0. The summed E-state index contributed by atoms with van der Waals surface area (Å²) >= 11 is 0. The molecule has 0 saturated heterocycles. The second-order valence-corrected chi connectivity index (χ2v) is 3.09. The summed E-state index contributed by atoms with van der Waals surface area (Å²) in [4.78, 5) is 8.57. The van der Waals surface area contributed by atoms with Crippen LogP contribution in [0.2, 0.25) is 0 Å². The van der Waals surface area contributed by atoms with Crippen LogP contribution in [-0.2, 0) is 6.54 Å². The molecule has 1 aromatic rings. The van der Waals surface area contributed by atoms with E-state index in [-0.39, 0.29) is 24.8 Å². The third-order valence-corrected chi connectivity index (χ3v) is 1.61. The number of halogens is 2. The van der Waals surface area contributed by atoms with E-state index in [0.717, 1.165) is 18.1 Å². The highest BCUT2D eigenvalue weighted by atomic mass is 35.5. The Bertz CT molecular complexity index is 254. The van der Waals surface area contributed by atoms with E-state index in [4.69, 9.17) is 0 Å². The van der Waals surface area contributed by atoms with E-state index in [9.17, 15) is 0 Å². The van der Waals surface area contributed by atoms with Crippen molar-refractivity contribution in [3.05, 3.63) is 23.8 Å². The van der Waals surface area contributed by atoms with Crippen LogP contribution in [0, 0.1) is 0 Å². The summed E-state index contributed by atoms with van der Waals surface area (Å²) in [6.45, 7) is 5.00. The lowest BCUT2D eigenvalue weighted by molar-refractivity contribution is 0.727. The van der Waals surface area contributed by atoms with Gasteiger partial charge in [0.15, 0.2) is 0 Å². The average Bonchev–Trinajstić information content (AvgIpc) is 2.05. The molecule has 3 nitrogen and oxygen atoms in total. The predicted molar refractivity (Wildman–Crippen MR) is 63.4 cm³/mol. The molecule has 0 aliphatic rings. The Kier molecular flexibility index (Phi) is 9.15. The van der Waals surface area contributed by atoms with Crippen molar-refractivity contribution in [3.8, 4) is 0 Å². The summed E-state index contributed by atoms with van der Waals surface area (Å²) in [5.74, 6) is 1.32. The Morgan fingerprint density at radius 3 is 2.50 bits per heavy atom. The molecule has 1 aromatic heterocycles. The summed E-state index contributed by atoms with van der Waals surface area (Å²) in [5, 5.41) is 3.06. The predicted octanol–water partition coefficient (Wildman–Crippen LogP) is 2.16. The van der Waals surface area contributed by atoms with Crippen LogP contribution in [0.3, 0.4) is 0 Å². The Morgan fingerprint density at radius 2 is 2.00 bits per heavy atom. The van der Waals surface area contributed by atoms with Crippen molar-refractivity contribution < 1.29 is 0 Å². The van der Waals surface area contributed by atoms with Crippen molar-refractivity contribution in [2.45, 2.75) is 26.3 Å². The monoisotopic (exact) mass is 237 g/mol. The van der Waals surface area contributed by atoms with E-state index in [2.05, 4.69) is 29.1 Å². The van der Waals surface area contributed by atoms with Gasteiger partial charge in [-0.2, -0.15) is 0 Å². The quantitative estimate of drug-likeness (QED) is 0.876. The number of nitrogens with zero attached hydrogens (tertiary/aromatic N) is 2. The molecule has 14 heavy (non-hydrogen) atoms. The summed E-state index contributed by atoms with van der Waals surface area (Å²) in [6, 6.07) is 1.93. The second-order valence-electron chi connectivity index (χ2n) is 3.09. The Balaban J connectivity index is 0. The smallest absolute Gasteiger partial charge is 0.131 e. The van der Waals surface area contributed by atoms with Crippen LogP contribution < -0.4 is 5.32 Å². The molecular formula is C9H17Cl2N3. The van der Waals surface area contributed by atoms with Crippen molar-refractivity contribution >= 4 is 24.8 Å². The molecule has 0 radical (unpaired) electrons. The summed E-state index contributed by atoms with van der Waals surface area (Å²) < 4.78 is 0. The van der Waals surface area contributed by atoms with Gasteiger partial charge in [-0.3, -0.25) is 0 Å². The highest BCUT2D eigenvalue weighted by molar-refractivity contribution is 5.85. The molecule has 0 unspecified atom stereocenters. The molecule has 0 aliphatic heterocycles. The molecule has 0 saturated carbocycles. The number of aromatic nitrogens is 2. The zero-order valence-corrected chi connectivity index (χ0v) is 10.3. The van der Waals surface area contributed by atoms with Crippen molar-refractivity contribution in [2.24, 2.45) is 0 Å². The van der Waals surface area contributed by atoms with Gasteiger partial charge in [0.05, 0.1) is 5.69 Å². The van der Waals surface area contributed by atoms with E-state index < -0.39 is 0 Å². The third kappa shape index (κ3) is 4.74. The van der Waals surface area contributed by atoms with Gasteiger partial charge in [-0.1, -0.05) is 13.8 Å². The van der Waals surface area contributed by atoms with E-state index in [1.54, 1.807) is 0 Å². The molecule has 0 spiro atoms. The normalized spacial score (nSPS) is 9.14. The lowest BCUT2D eigenvalue weighted by atomic mass is 10.2. The van der Waals surface area contributed by atoms with Gasteiger partial charge in [0, 0.05) is 18.7 Å². The molecule has 5 heteroatoms. The molecule has 0 atom stereocenters. The van der Waals surface area contributed by atoms with Crippen molar-refractivity contribution in [2.75, 3.05) is 7.05 Å². The van der Waals surface area contributed by atoms with Gasteiger partial charge in [-0.15, -0.1) is 24.8 Å². The lowest BCUT2D eigenvalue weighted by Gasteiger charge is -2.04. The van der Waals surface area contributed by atoms with Gasteiger partial charge in [0.1, 0.15) is 5.82 Å². The first kappa shape index (κ1) is 16.1. The van der Waals surface area contributed by atoms with Gasteiger partial charge in [-0.05, 0) is 13.1 Å². The van der Waals surface area contributed by atoms with Crippen LogP contribution in [0.1, 0.15) is 31.3 Å². The molecule has 1 rings (SSSR count). The van der Waals surface area contributed by atoms with Crippen LogP contribution in [0.25, 0.3) is 0 Å². The fraction of sp³-hybridized carbons (Fsp3) is 0.556. The molecule has 1 N–H and O–H groups in total. The highest BCUT2D eigenvalue weighted by Crippen LogP contribution is 2.07. The second kappa shape index (κ2) is 7.97. The topological polar surface area (TPSA) is 37.8 Å². The van der Waals surface area contributed by atoms with Crippen molar-refractivity contribution in [1.29, 1.82) is 0 Å². The standard InChI is InChI=1S/C9H15N3.2ClH/c1-7(2)9-11-5-4-8(12-9)6-10-3;;/h4-5,7,10H,6H2,1-3H3;2*1H. The van der Waals surface area contributed by atoms with Gasteiger partial charge >= 0.3 is 0 Å². The molecule has 0 bridgehead atoms. The summed E-state index contributed by atoms with van der Waals surface area (Å²) in [6.07, 6.45) is 1.81. The molecule has 0 aliphatic carbocycles. The molecular weight excluding hydrogens is 221 g/mol. The first-order chi connectivity index (χ1) is 5.74. The number of rotatable bonds is 3. The maximum absolute atomic E-state index is 4.39. The molecule has 0 aromatic carbocycles. The van der Waals surface area contributed by atoms with E-state index in [0.29, 0.717) is 5.92 Å². The van der Waals surface area contributed by atoms with E-state index in [1.807, 2.05) is 19.3 Å². The average molecular weight is 238 g/mol. The maximum atomic E-state index is 4.39. The fourth-order valence-corrected chi connectivity index (χ4v) is 0.971. The van der Waals surface area contributed by atoms with Crippen molar-refractivity contribution in [3.63, 3.8) is 0 Å². The van der Waals surface area contributed by atoms with Gasteiger partial charge in [-0.25, -0.2) is 9.97 Å².